The molecular formula is C33H48NO6PSi. The van der Waals surface area contributed by atoms with E-state index in [-0.39, 0.29) is 18.7 Å². The Kier molecular flexibility index (Phi) is 11.8. The molecule has 2 aromatic rings. The minimum Gasteiger partial charge on any atom is -0.465 e. The van der Waals surface area contributed by atoms with Gasteiger partial charge in [-0.15, -0.1) is 0 Å². The molecule has 0 bridgehead atoms. The molecule has 0 spiro atoms. The lowest BCUT2D eigenvalue weighted by Crippen LogP contribution is -2.35. The average molecular weight is 614 g/mol. The third-order valence-electron chi connectivity index (χ3n) is 7.64. The minimum absolute atomic E-state index is 0.115. The molecule has 1 N–H and O–H groups in total. The van der Waals surface area contributed by atoms with Gasteiger partial charge in [0.2, 0.25) is 0 Å². The Balaban J connectivity index is 1.95. The van der Waals surface area contributed by atoms with Crippen molar-refractivity contribution in [3.63, 3.8) is 0 Å². The molecule has 1 aliphatic rings. The maximum atomic E-state index is 14.2. The molecule has 0 saturated heterocycles. The summed E-state index contributed by atoms with van der Waals surface area (Å²) in [6, 6.07) is 9.36. The van der Waals surface area contributed by atoms with E-state index in [0.717, 1.165) is 47.1 Å². The summed E-state index contributed by atoms with van der Waals surface area (Å²) in [5.74, 6) is -0.242. The summed E-state index contributed by atoms with van der Waals surface area (Å²) in [7, 11) is -4.78. The molecule has 0 saturated carbocycles. The zero-order valence-electron chi connectivity index (χ0n) is 26.6. The second kappa shape index (κ2) is 14.7. The topological polar surface area (TPSA) is 90.9 Å². The first kappa shape index (κ1) is 33.8. The molecule has 7 nitrogen and oxygen atoms in total. The summed E-state index contributed by atoms with van der Waals surface area (Å²) in [6.45, 7) is 17.2. The summed E-state index contributed by atoms with van der Waals surface area (Å²) in [4.78, 5) is 25.3. The lowest BCUT2D eigenvalue weighted by Gasteiger charge is -2.24. The van der Waals surface area contributed by atoms with Crippen LogP contribution < -0.4 is 9.61 Å². The van der Waals surface area contributed by atoms with Crippen LogP contribution >= 0.6 is 7.52 Å². The van der Waals surface area contributed by atoms with Gasteiger partial charge in [-0.25, -0.2) is 9.88 Å². The Morgan fingerprint density at radius 1 is 1.14 bits per heavy atom. The number of carbonyl (C=O) groups is 2. The Hall–Kier alpha value is -2.67. The molecule has 9 heteroatoms. The Morgan fingerprint density at radius 3 is 2.45 bits per heavy atom. The lowest BCUT2D eigenvalue weighted by molar-refractivity contribution is -0.144. The number of hydrogen-bond acceptors (Lipinski definition) is 6. The van der Waals surface area contributed by atoms with Gasteiger partial charge >= 0.3 is 19.5 Å². The number of cyclic esters (lactones) is 1. The Labute approximate surface area is 252 Å². The smallest absolute Gasteiger partial charge is 0.339 e. The van der Waals surface area contributed by atoms with E-state index in [2.05, 4.69) is 44.7 Å². The van der Waals surface area contributed by atoms with Crippen LogP contribution in [0.4, 0.5) is 0 Å². The first-order chi connectivity index (χ1) is 19.8. The van der Waals surface area contributed by atoms with E-state index in [1.165, 1.54) is 17.2 Å². The standard InChI is InChI=1S/C33H48NO6PSi/c1-9-27-24(4)30-21-39-33(36)31(30)29(17-14-20-42(6,7)8)28(27)19-18-23(3)22-41(37,34-25(5)32(35)38-10-2)40-26-15-12-11-13-16-26/h11-13,15-16,18,25H,9-10,14,17,19-22H2,1-8H3,(H,34,37)/t25-,41?/m0/s1. The second-order valence-electron chi connectivity index (χ2n) is 12.4. The van der Waals surface area contributed by atoms with Crippen LogP contribution in [-0.4, -0.2) is 38.8 Å². The molecule has 3 rings (SSSR count). The number of hydrogen-bond donors (Lipinski definition) is 1. The molecule has 1 heterocycles. The summed E-state index contributed by atoms with van der Waals surface area (Å²) in [5.41, 5.74) is 7.33. The summed E-state index contributed by atoms with van der Waals surface area (Å²) in [6.07, 6.45) is 5.53. The molecule has 1 unspecified atom stereocenters. The van der Waals surface area contributed by atoms with Gasteiger partial charge < -0.3 is 14.0 Å². The van der Waals surface area contributed by atoms with Crippen LogP contribution in [0, 0.1) is 6.92 Å². The fourth-order valence-corrected chi connectivity index (χ4v) is 8.97. The summed E-state index contributed by atoms with van der Waals surface area (Å²) in [5, 5.41) is 2.94. The number of allylic oxidation sites excluding steroid dienone is 2. The predicted molar refractivity (Wildman–Crippen MR) is 172 cm³/mol. The van der Waals surface area contributed by atoms with Gasteiger partial charge in [0.25, 0.3) is 0 Å². The highest BCUT2D eigenvalue weighted by Crippen LogP contribution is 2.45. The lowest BCUT2D eigenvalue weighted by atomic mass is 9.84. The van der Waals surface area contributed by atoms with Crippen molar-refractivity contribution < 1.29 is 28.2 Å². The van der Waals surface area contributed by atoms with Crippen LogP contribution in [0.15, 0.2) is 42.0 Å². The normalized spacial score (nSPS) is 15.5. The SMILES string of the molecule is CCOC(=O)[C@H](C)NP(=O)(CC(C)=CCc1c(CC)c(C)c2c(c1CCC[Si](C)(C)C)C(=O)OC2)Oc1ccccc1. The number of para-hydroxylation sites is 1. The van der Waals surface area contributed by atoms with Crippen molar-refractivity contribution >= 4 is 27.5 Å². The van der Waals surface area contributed by atoms with E-state index in [4.69, 9.17) is 14.0 Å². The molecule has 0 amide bonds. The third-order valence-corrected chi connectivity index (χ3v) is 11.7. The van der Waals surface area contributed by atoms with E-state index in [1.54, 1.807) is 26.0 Å². The number of ether oxygens (including phenoxy) is 2. The van der Waals surface area contributed by atoms with Gasteiger partial charge in [-0.3, -0.25) is 9.36 Å². The van der Waals surface area contributed by atoms with Crippen molar-refractivity contribution in [1.82, 2.24) is 5.09 Å². The van der Waals surface area contributed by atoms with Crippen LogP contribution in [0.1, 0.15) is 72.3 Å². The Bertz CT molecular complexity index is 1350. The molecule has 0 fully saturated rings. The van der Waals surface area contributed by atoms with Crippen LogP contribution in [0.25, 0.3) is 0 Å². The monoisotopic (exact) mass is 613 g/mol. The highest BCUT2D eigenvalue weighted by molar-refractivity contribution is 7.57. The van der Waals surface area contributed by atoms with E-state index in [0.29, 0.717) is 18.8 Å². The van der Waals surface area contributed by atoms with Crippen LogP contribution in [0.5, 0.6) is 5.75 Å². The van der Waals surface area contributed by atoms with Crippen molar-refractivity contribution in [3.05, 3.63) is 75.4 Å². The van der Waals surface area contributed by atoms with Gasteiger partial charge in [-0.2, -0.15) is 0 Å². The average Bonchev–Trinajstić information content (AvgIpc) is 3.30. The number of nitrogens with one attached hydrogen (secondary N) is 1. The maximum absolute atomic E-state index is 14.2. The van der Waals surface area contributed by atoms with Gasteiger partial charge in [-0.1, -0.05) is 68.9 Å². The molecular weight excluding hydrogens is 565 g/mol. The zero-order chi connectivity index (χ0) is 31.1. The minimum atomic E-state index is -3.54. The van der Waals surface area contributed by atoms with E-state index < -0.39 is 27.6 Å². The van der Waals surface area contributed by atoms with Gasteiger partial charge in [0.1, 0.15) is 18.4 Å². The molecule has 0 aliphatic carbocycles. The maximum Gasteiger partial charge on any atom is 0.339 e. The van der Waals surface area contributed by atoms with Gasteiger partial charge in [-0.05, 0) is 81.3 Å². The largest absolute Gasteiger partial charge is 0.465 e. The van der Waals surface area contributed by atoms with E-state index in [9.17, 15) is 14.2 Å². The predicted octanol–water partition coefficient (Wildman–Crippen LogP) is 7.80. The van der Waals surface area contributed by atoms with Crippen molar-refractivity contribution in [1.29, 1.82) is 0 Å². The van der Waals surface area contributed by atoms with Crippen LogP contribution in [0.2, 0.25) is 25.7 Å². The molecule has 0 aromatic heterocycles. The fraction of sp³-hybridized carbons (Fsp3) is 0.515. The first-order valence-electron chi connectivity index (χ1n) is 15.1. The van der Waals surface area contributed by atoms with Crippen molar-refractivity contribution in [2.24, 2.45) is 0 Å². The second-order valence-corrected chi connectivity index (χ2v) is 20.1. The number of rotatable bonds is 15. The highest BCUT2D eigenvalue weighted by atomic mass is 31.2. The molecule has 2 atom stereocenters. The van der Waals surface area contributed by atoms with Crippen molar-refractivity contribution in [2.75, 3.05) is 12.8 Å². The number of fused-ring (bicyclic) bond motifs is 1. The van der Waals surface area contributed by atoms with E-state index >= 15 is 0 Å². The van der Waals surface area contributed by atoms with Gasteiger partial charge in [0, 0.05) is 13.6 Å². The molecule has 2 aromatic carbocycles. The summed E-state index contributed by atoms with van der Waals surface area (Å²) < 4.78 is 30.8. The fourth-order valence-electron chi connectivity index (χ4n) is 5.58. The van der Waals surface area contributed by atoms with Crippen LogP contribution in [0.3, 0.4) is 0 Å². The number of carbonyl (C=O) groups excluding carboxylic acids is 2. The third kappa shape index (κ3) is 8.92. The Morgan fingerprint density at radius 2 is 1.83 bits per heavy atom. The number of benzene rings is 2. The summed E-state index contributed by atoms with van der Waals surface area (Å²) >= 11 is 0. The van der Waals surface area contributed by atoms with Crippen LogP contribution in [-0.2, 0) is 44.7 Å². The molecule has 0 radical (unpaired) electrons. The quantitative estimate of drug-likeness (QED) is 0.0949. The zero-order valence-corrected chi connectivity index (χ0v) is 28.5. The molecule has 230 valence electrons. The molecule has 1 aliphatic heterocycles. The van der Waals surface area contributed by atoms with E-state index in [1.807, 2.05) is 25.1 Å². The molecule has 42 heavy (non-hydrogen) atoms. The van der Waals surface area contributed by atoms with Gasteiger partial charge in [0.15, 0.2) is 0 Å². The highest BCUT2D eigenvalue weighted by Gasteiger charge is 2.32. The first-order valence-corrected chi connectivity index (χ1v) is 20.6. The van der Waals surface area contributed by atoms with Crippen molar-refractivity contribution in [3.8, 4) is 5.75 Å². The van der Waals surface area contributed by atoms with Gasteiger partial charge in [0.05, 0.1) is 18.3 Å². The van der Waals surface area contributed by atoms with Crippen molar-refractivity contribution in [2.45, 2.75) is 98.6 Å². The number of esters is 2.